The molecule has 2 aliphatic rings. The predicted molar refractivity (Wildman–Crippen MR) is 378 cm³/mol. The molecule has 0 atom stereocenters. The molecule has 5 heteroatoms. The summed E-state index contributed by atoms with van der Waals surface area (Å²) >= 11 is 0. The summed E-state index contributed by atoms with van der Waals surface area (Å²) in [5.74, 6) is 0.286. The molecule has 89 heavy (non-hydrogen) atoms. The summed E-state index contributed by atoms with van der Waals surface area (Å²) in [6, 6.07) is 45.7. The molecule has 4 nitrogen and oxygen atoms in total. The van der Waals surface area contributed by atoms with Crippen molar-refractivity contribution in [1.29, 1.82) is 0 Å². The number of ketones is 1. The minimum atomic E-state index is -0.337. The van der Waals surface area contributed by atoms with Gasteiger partial charge in [0, 0.05) is 60.8 Å². The first kappa shape index (κ1) is 65.4. The van der Waals surface area contributed by atoms with Crippen molar-refractivity contribution < 1.29 is 31.4 Å². The summed E-state index contributed by atoms with van der Waals surface area (Å²) < 4.78 is 8.67. The van der Waals surface area contributed by atoms with E-state index in [-0.39, 0.29) is 64.1 Å². The van der Waals surface area contributed by atoms with Crippen molar-refractivity contribution in [3.05, 3.63) is 190 Å². The van der Waals surface area contributed by atoms with E-state index in [0.29, 0.717) is 6.17 Å². The molecular formula is C84H98IrN2O2-2. The van der Waals surface area contributed by atoms with E-state index in [2.05, 4.69) is 199 Å². The zero-order valence-electron chi connectivity index (χ0n) is 58.1. The zero-order chi connectivity index (χ0) is 64.5. The van der Waals surface area contributed by atoms with Gasteiger partial charge in [-0.2, -0.15) is 0 Å². The number of aliphatic hydroxyl groups excluding tert-OH is 1. The van der Waals surface area contributed by atoms with Crippen LogP contribution in [0.4, 0.5) is 0 Å². The Hall–Kier alpha value is -6.52. The summed E-state index contributed by atoms with van der Waals surface area (Å²) in [4.78, 5) is 22.0. The Kier molecular flexibility index (Phi) is 18.6. The summed E-state index contributed by atoms with van der Waals surface area (Å²) in [5, 5.41) is 25.4. The summed E-state index contributed by atoms with van der Waals surface area (Å²) in [5.41, 5.74) is 17.0. The van der Waals surface area contributed by atoms with Crippen LogP contribution in [0.3, 0.4) is 0 Å². The SMILES string of the molecule is CCC(C)(CC)C(=O)/C=C(\O)C(C)(CC)CC.Cc1ccc2c(CC(C)(C)C)c3c([c-]c2c1)-c1nccc2c1c(cc1c(CC(C)(C)C)cccc12)C3.[2H]c1cc2c3c(cc4c(CC(C)(C)C)cccc42)Cc2c([c-]c4ccccc4c2CC(C)(C)C)-c3n1.[Ir]. The number of fused-ring (bicyclic) bond motifs is 10. The molecule has 0 aliphatic heterocycles. The monoisotopic (exact) mass is 1360 g/mol. The van der Waals surface area contributed by atoms with Gasteiger partial charge in [0.2, 0.25) is 0 Å². The van der Waals surface area contributed by atoms with Crippen LogP contribution in [0.5, 0.6) is 0 Å². The maximum absolute atomic E-state index is 12.2. The third kappa shape index (κ3) is 13.7. The van der Waals surface area contributed by atoms with E-state index in [1.54, 1.807) is 0 Å². The number of benzene rings is 8. The molecule has 1 radical (unpaired) electrons. The van der Waals surface area contributed by atoms with Crippen LogP contribution in [-0.2, 0) is 63.4 Å². The van der Waals surface area contributed by atoms with Gasteiger partial charge in [-0.15, -0.1) is 57.3 Å². The second-order valence-electron chi connectivity index (χ2n) is 31.4. The van der Waals surface area contributed by atoms with Gasteiger partial charge >= 0.3 is 0 Å². The topological polar surface area (TPSA) is 63.1 Å². The van der Waals surface area contributed by atoms with Crippen molar-refractivity contribution >= 4 is 70.4 Å². The van der Waals surface area contributed by atoms with Gasteiger partial charge in [0.15, 0.2) is 5.78 Å². The number of hydrogen-bond acceptors (Lipinski definition) is 4. The Bertz CT molecular complexity index is 4430. The number of aryl methyl sites for hydroxylation is 1. The van der Waals surface area contributed by atoms with E-state index in [1.807, 2.05) is 53.8 Å². The smallest absolute Gasteiger partial charge is 0.164 e. The Morgan fingerprint density at radius 2 is 0.955 bits per heavy atom. The molecule has 10 aromatic rings. The van der Waals surface area contributed by atoms with E-state index in [1.165, 1.54) is 116 Å². The van der Waals surface area contributed by atoms with Crippen LogP contribution in [-0.4, -0.2) is 20.9 Å². The van der Waals surface area contributed by atoms with Crippen molar-refractivity contribution in [2.24, 2.45) is 32.5 Å². The van der Waals surface area contributed by atoms with Crippen LogP contribution in [0.25, 0.3) is 87.1 Å². The van der Waals surface area contributed by atoms with Crippen molar-refractivity contribution in [1.82, 2.24) is 9.97 Å². The van der Waals surface area contributed by atoms with E-state index in [4.69, 9.17) is 11.3 Å². The quantitative estimate of drug-likeness (QED) is 0.0607. The number of nitrogens with zero attached hydrogens (tertiary/aromatic N) is 2. The molecule has 2 heterocycles. The van der Waals surface area contributed by atoms with E-state index < -0.39 is 0 Å². The fraction of sp³-hybridized carbons (Fsp3) is 0.417. The average Bonchev–Trinajstić information content (AvgIpc) is 0.727. The van der Waals surface area contributed by atoms with Crippen molar-refractivity contribution in [3.63, 3.8) is 0 Å². The fourth-order valence-corrected chi connectivity index (χ4v) is 13.8. The fourth-order valence-electron chi connectivity index (χ4n) is 13.8. The third-order valence-corrected chi connectivity index (χ3v) is 19.4. The van der Waals surface area contributed by atoms with E-state index in [0.717, 1.165) is 91.9 Å². The summed E-state index contributed by atoms with van der Waals surface area (Å²) in [6.45, 7) is 42.1. The summed E-state index contributed by atoms with van der Waals surface area (Å²) in [7, 11) is 0. The first-order chi connectivity index (χ1) is 41.8. The van der Waals surface area contributed by atoms with Gasteiger partial charge in [0.1, 0.15) is 5.76 Å². The van der Waals surface area contributed by atoms with Crippen LogP contribution in [0.2, 0.25) is 0 Å². The van der Waals surface area contributed by atoms with Gasteiger partial charge in [0.05, 0.1) is 1.37 Å². The standard InChI is InChI=1S/C35H36N.C34H34N.C15H28O2.Ir/c1-21-11-12-25-23(15-21)16-30-29(31(25)20-35(5,6)7)18-24-17-28-22(19-34(2,3)4)9-8-10-26(28)27-13-14-36-33(30)32(24)27;1-33(2,3)19-22-11-9-13-25-26-14-15-35-32-29-16-21-10-7-8-12-24(21)30(20-34(4,5)6)28(29)18-23(31(26)32)17-27(22)25;1-7-14(5,8-2)12(16)11-13(17)15(6,9-3)10-4;/h8-15,17H,18-20H2,1-7H3;7-15,17H,18-20H2,1-6H3;11,16H,7-10H2,1-6H3;/q2*-1;;/b;;12-11-;/i;15D;;. The van der Waals surface area contributed by atoms with Crippen molar-refractivity contribution in [3.8, 4) is 22.5 Å². The number of pyridine rings is 2. The molecule has 2 aromatic heterocycles. The predicted octanol–water partition coefficient (Wildman–Crippen LogP) is 23.1. The second-order valence-corrected chi connectivity index (χ2v) is 31.4. The minimum Gasteiger partial charge on any atom is -0.512 e. The number of carbonyl (C=O) groups is 1. The Labute approximate surface area is 548 Å². The Morgan fingerprint density at radius 1 is 0.506 bits per heavy atom. The second kappa shape index (κ2) is 25.3. The van der Waals surface area contributed by atoms with Gasteiger partial charge in [0.25, 0.3) is 0 Å². The molecule has 2 aliphatic carbocycles. The molecule has 0 amide bonds. The number of rotatable bonds is 11. The first-order valence-electron chi connectivity index (χ1n) is 33.3. The van der Waals surface area contributed by atoms with Crippen LogP contribution < -0.4 is 0 Å². The molecule has 0 fully saturated rings. The third-order valence-electron chi connectivity index (χ3n) is 19.4. The molecule has 0 saturated carbocycles. The largest absolute Gasteiger partial charge is 0.512 e. The van der Waals surface area contributed by atoms with E-state index >= 15 is 0 Å². The zero-order valence-corrected chi connectivity index (χ0v) is 59.5. The van der Waals surface area contributed by atoms with Crippen molar-refractivity contribution in [2.45, 2.75) is 196 Å². The summed E-state index contributed by atoms with van der Waals surface area (Å²) in [6.07, 6.45) is 13.0. The molecule has 0 spiro atoms. The van der Waals surface area contributed by atoms with Gasteiger partial charge in [-0.05, 0) is 170 Å². The number of allylic oxidation sites excluding steroid dienone is 2. The van der Waals surface area contributed by atoms with Gasteiger partial charge < -0.3 is 5.11 Å². The number of carbonyl (C=O) groups excluding carboxylic acids is 1. The van der Waals surface area contributed by atoms with Gasteiger partial charge in [-0.3, -0.25) is 14.8 Å². The number of hydrogen-bond donors (Lipinski definition) is 1. The molecule has 0 saturated heterocycles. The molecule has 8 aromatic carbocycles. The minimum absolute atomic E-state index is 0. The molecule has 1 N–H and O–H groups in total. The van der Waals surface area contributed by atoms with Crippen LogP contribution >= 0.6 is 0 Å². The maximum Gasteiger partial charge on any atom is 0.164 e. The first-order valence-corrected chi connectivity index (χ1v) is 32.8. The molecular weight excluding hydrogens is 1260 g/mol. The number of aromatic nitrogens is 2. The van der Waals surface area contributed by atoms with E-state index in [9.17, 15) is 9.90 Å². The van der Waals surface area contributed by atoms with Crippen LogP contribution in [0.15, 0.2) is 127 Å². The molecule has 467 valence electrons. The van der Waals surface area contributed by atoms with Gasteiger partial charge in [-0.25, -0.2) is 0 Å². The normalized spacial score (nSPS) is 13.6. The maximum atomic E-state index is 12.2. The molecule has 0 unspecified atom stereocenters. The van der Waals surface area contributed by atoms with Crippen molar-refractivity contribution in [2.75, 3.05) is 0 Å². The molecule has 0 bridgehead atoms. The van der Waals surface area contributed by atoms with Crippen LogP contribution in [0.1, 0.15) is 202 Å². The van der Waals surface area contributed by atoms with Crippen LogP contribution in [0, 0.1) is 51.5 Å². The Morgan fingerprint density at radius 3 is 1.45 bits per heavy atom. The van der Waals surface area contributed by atoms with Gasteiger partial charge in [-0.1, -0.05) is 231 Å². The molecule has 12 rings (SSSR count). The average molecular weight is 1360 g/mol. The Balaban J connectivity index is 0.000000170. The number of aliphatic hydroxyl groups is 1.